The number of aromatic nitrogens is 2. The second-order valence-electron chi connectivity index (χ2n) is 5.62. The van der Waals surface area contributed by atoms with E-state index in [2.05, 4.69) is 22.2 Å². The third-order valence-corrected chi connectivity index (χ3v) is 4.17. The Hall–Kier alpha value is -1.69. The van der Waals surface area contributed by atoms with Crippen LogP contribution in [0.1, 0.15) is 43.1 Å². The van der Waals surface area contributed by atoms with Crippen LogP contribution < -0.4 is 5.32 Å². The summed E-state index contributed by atoms with van der Waals surface area (Å²) in [5.74, 6) is 0.693. The lowest BCUT2D eigenvalue weighted by Gasteiger charge is -2.37. The molecular weight excluding hydrogens is 268 g/mol. The molecule has 1 aliphatic carbocycles. The summed E-state index contributed by atoms with van der Waals surface area (Å²) in [5, 5.41) is 3.16. The van der Waals surface area contributed by atoms with Crippen molar-refractivity contribution >= 4 is 11.7 Å². The molecule has 0 spiro atoms. The van der Waals surface area contributed by atoms with Gasteiger partial charge in [0, 0.05) is 13.1 Å². The van der Waals surface area contributed by atoms with Crippen LogP contribution in [-0.4, -0.2) is 52.6 Å². The van der Waals surface area contributed by atoms with Crippen LogP contribution in [0.5, 0.6) is 0 Å². The Bertz CT molecular complexity index is 491. The van der Waals surface area contributed by atoms with Crippen molar-refractivity contribution in [3.8, 4) is 0 Å². The van der Waals surface area contributed by atoms with E-state index in [1.807, 2.05) is 4.90 Å². The number of amides is 1. The maximum atomic E-state index is 12.6. The predicted octanol–water partition coefficient (Wildman–Crippen LogP) is 1.69. The summed E-state index contributed by atoms with van der Waals surface area (Å²) >= 11 is 0. The van der Waals surface area contributed by atoms with Crippen LogP contribution in [0.2, 0.25) is 0 Å². The van der Waals surface area contributed by atoms with Crippen molar-refractivity contribution in [3.63, 3.8) is 0 Å². The van der Waals surface area contributed by atoms with Crippen molar-refractivity contribution in [2.45, 2.75) is 44.8 Å². The molecule has 0 aromatic carbocycles. The van der Waals surface area contributed by atoms with Gasteiger partial charge >= 0.3 is 0 Å². The van der Waals surface area contributed by atoms with Crippen LogP contribution in [0, 0.1) is 0 Å². The third-order valence-electron chi connectivity index (χ3n) is 4.17. The molecule has 3 rings (SSSR count). The molecule has 1 saturated heterocycles. The molecule has 1 aliphatic heterocycles. The van der Waals surface area contributed by atoms with Crippen molar-refractivity contribution < 1.29 is 9.53 Å². The first-order chi connectivity index (χ1) is 10.3. The molecule has 1 saturated carbocycles. The predicted molar refractivity (Wildman–Crippen MR) is 79.2 cm³/mol. The van der Waals surface area contributed by atoms with Crippen LogP contribution >= 0.6 is 0 Å². The lowest BCUT2D eigenvalue weighted by molar-refractivity contribution is -0.0447. The van der Waals surface area contributed by atoms with Crippen LogP contribution in [0.3, 0.4) is 0 Å². The van der Waals surface area contributed by atoms with Gasteiger partial charge in [-0.15, -0.1) is 0 Å². The topological polar surface area (TPSA) is 67.4 Å². The zero-order chi connectivity index (χ0) is 14.7. The number of hydrogen-bond donors (Lipinski definition) is 1. The second kappa shape index (κ2) is 6.39. The number of hydrogen-bond acceptors (Lipinski definition) is 5. The van der Waals surface area contributed by atoms with E-state index in [0.29, 0.717) is 24.7 Å². The summed E-state index contributed by atoms with van der Waals surface area (Å²) in [6.07, 6.45) is 7.65. The number of nitrogens with zero attached hydrogens (tertiary/aromatic N) is 3. The minimum atomic E-state index is -0.0234. The number of carbonyl (C=O) groups excluding carboxylic acids is 1. The summed E-state index contributed by atoms with van der Waals surface area (Å²) in [6, 6.07) is 0.214. The van der Waals surface area contributed by atoms with E-state index >= 15 is 0 Å². The molecule has 0 bridgehead atoms. The minimum absolute atomic E-state index is 0.0234. The average Bonchev–Trinajstić information content (AvgIpc) is 3.01. The van der Waals surface area contributed by atoms with E-state index in [-0.39, 0.29) is 18.1 Å². The van der Waals surface area contributed by atoms with E-state index in [0.717, 1.165) is 32.2 Å². The maximum Gasteiger partial charge on any atom is 0.274 e. The van der Waals surface area contributed by atoms with Gasteiger partial charge in [-0.3, -0.25) is 4.79 Å². The van der Waals surface area contributed by atoms with Crippen LogP contribution in [0.15, 0.2) is 12.4 Å². The molecule has 6 heteroatoms. The quantitative estimate of drug-likeness (QED) is 0.914. The Labute approximate surface area is 124 Å². The molecule has 2 heterocycles. The van der Waals surface area contributed by atoms with E-state index in [1.54, 1.807) is 12.4 Å². The largest absolute Gasteiger partial charge is 0.374 e. The highest BCUT2D eigenvalue weighted by Crippen LogP contribution is 2.30. The highest BCUT2D eigenvalue weighted by atomic mass is 16.5. The van der Waals surface area contributed by atoms with Crippen molar-refractivity contribution in [2.75, 3.05) is 25.0 Å². The SMILES string of the molecule is CCCNc1cnc(C(=O)N2CCOC3CCCC32)cn1. The summed E-state index contributed by atoms with van der Waals surface area (Å²) in [7, 11) is 0. The highest BCUT2D eigenvalue weighted by Gasteiger charge is 2.38. The van der Waals surface area contributed by atoms with Gasteiger partial charge in [-0.1, -0.05) is 6.92 Å². The molecule has 114 valence electrons. The molecule has 6 nitrogen and oxygen atoms in total. The Morgan fingerprint density at radius 2 is 2.33 bits per heavy atom. The van der Waals surface area contributed by atoms with E-state index < -0.39 is 0 Å². The fraction of sp³-hybridized carbons (Fsp3) is 0.667. The lowest BCUT2D eigenvalue weighted by Crippen LogP contribution is -2.51. The van der Waals surface area contributed by atoms with Crippen molar-refractivity contribution in [1.82, 2.24) is 14.9 Å². The monoisotopic (exact) mass is 290 g/mol. The van der Waals surface area contributed by atoms with E-state index in [9.17, 15) is 4.79 Å². The number of carbonyl (C=O) groups is 1. The third kappa shape index (κ3) is 3.00. The number of ether oxygens (including phenoxy) is 1. The number of rotatable bonds is 4. The number of anilines is 1. The Morgan fingerprint density at radius 3 is 3.10 bits per heavy atom. The van der Waals surface area contributed by atoms with Crippen molar-refractivity contribution in [3.05, 3.63) is 18.1 Å². The maximum absolute atomic E-state index is 12.6. The molecule has 21 heavy (non-hydrogen) atoms. The molecule has 1 N–H and O–H groups in total. The zero-order valence-electron chi connectivity index (χ0n) is 12.4. The first kappa shape index (κ1) is 14.3. The number of morpholine rings is 1. The van der Waals surface area contributed by atoms with Gasteiger partial charge in [-0.25, -0.2) is 9.97 Å². The summed E-state index contributed by atoms with van der Waals surface area (Å²) in [4.78, 5) is 23.1. The summed E-state index contributed by atoms with van der Waals surface area (Å²) in [6.45, 7) is 4.22. The fourth-order valence-electron chi connectivity index (χ4n) is 3.11. The lowest BCUT2D eigenvalue weighted by atomic mass is 10.1. The molecule has 2 atom stereocenters. The molecular formula is C15H22N4O2. The van der Waals surface area contributed by atoms with Gasteiger partial charge in [-0.2, -0.15) is 0 Å². The summed E-state index contributed by atoms with van der Waals surface area (Å²) < 4.78 is 5.74. The van der Waals surface area contributed by atoms with Gasteiger partial charge in [0.2, 0.25) is 0 Å². The fourth-order valence-corrected chi connectivity index (χ4v) is 3.11. The first-order valence-electron chi connectivity index (χ1n) is 7.78. The average molecular weight is 290 g/mol. The second-order valence-corrected chi connectivity index (χ2v) is 5.62. The van der Waals surface area contributed by atoms with Gasteiger partial charge in [0.15, 0.2) is 0 Å². The minimum Gasteiger partial charge on any atom is -0.374 e. The van der Waals surface area contributed by atoms with Crippen LogP contribution in [-0.2, 0) is 4.74 Å². The Morgan fingerprint density at radius 1 is 1.43 bits per heavy atom. The van der Waals surface area contributed by atoms with Gasteiger partial charge in [0.25, 0.3) is 5.91 Å². The molecule has 2 aliphatic rings. The molecule has 0 radical (unpaired) electrons. The van der Waals surface area contributed by atoms with Gasteiger partial charge in [0.1, 0.15) is 11.5 Å². The van der Waals surface area contributed by atoms with Gasteiger partial charge < -0.3 is 15.0 Å². The van der Waals surface area contributed by atoms with Crippen LogP contribution in [0.25, 0.3) is 0 Å². The Kier molecular flexibility index (Phi) is 4.34. The normalized spacial score (nSPS) is 24.7. The van der Waals surface area contributed by atoms with E-state index in [1.165, 1.54) is 0 Å². The number of fused-ring (bicyclic) bond motifs is 1. The Balaban J connectivity index is 1.69. The smallest absolute Gasteiger partial charge is 0.274 e. The molecule has 2 unspecified atom stereocenters. The molecule has 1 amide bonds. The van der Waals surface area contributed by atoms with Gasteiger partial charge in [0.05, 0.1) is 31.1 Å². The molecule has 1 aromatic heterocycles. The van der Waals surface area contributed by atoms with Crippen molar-refractivity contribution in [2.24, 2.45) is 0 Å². The number of nitrogens with one attached hydrogen (secondary N) is 1. The zero-order valence-corrected chi connectivity index (χ0v) is 12.4. The highest BCUT2D eigenvalue weighted by molar-refractivity contribution is 5.92. The van der Waals surface area contributed by atoms with Gasteiger partial charge in [-0.05, 0) is 25.7 Å². The van der Waals surface area contributed by atoms with Crippen LogP contribution in [0.4, 0.5) is 5.82 Å². The van der Waals surface area contributed by atoms with Crippen molar-refractivity contribution in [1.29, 1.82) is 0 Å². The molecule has 1 aromatic rings. The standard InChI is InChI=1S/C15H22N4O2/c1-2-6-16-14-10-17-11(9-18-14)15(20)19-7-8-21-13-5-3-4-12(13)19/h9-10,12-13H,2-8H2,1H3,(H,16,18). The summed E-state index contributed by atoms with van der Waals surface area (Å²) in [5.41, 5.74) is 0.421. The molecule has 2 fully saturated rings. The first-order valence-corrected chi connectivity index (χ1v) is 7.78. The van der Waals surface area contributed by atoms with E-state index in [4.69, 9.17) is 4.74 Å².